The van der Waals surface area contributed by atoms with E-state index < -0.39 is 0 Å². The lowest BCUT2D eigenvalue weighted by atomic mass is 10.3. The van der Waals surface area contributed by atoms with E-state index in [4.69, 9.17) is 5.73 Å². The summed E-state index contributed by atoms with van der Waals surface area (Å²) in [6.45, 7) is 3.57. The molecule has 1 amide bonds. The predicted molar refractivity (Wildman–Crippen MR) is 63.9 cm³/mol. The number of nitrogens with zero attached hydrogens (tertiary/aromatic N) is 2. The van der Waals surface area contributed by atoms with Crippen molar-refractivity contribution >= 4 is 28.2 Å². The van der Waals surface area contributed by atoms with Gasteiger partial charge in [-0.2, -0.15) is 0 Å². The molecule has 0 saturated heterocycles. The number of nitrogens with two attached hydrogens (primary N) is 1. The maximum atomic E-state index is 11.6. The van der Waals surface area contributed by atoms with Crippen molar-refractivity contribution in [3.05, 3.63) is 10.6 Å². The van der Waals surface area contributed by atoms with Gasteiger partial charge in [0.2, 0.25) is 5.91 Å². The maximum absolute atomic E-state index is 11.6. The molecule has 0 saturated carbocycles. The first-order chi connectivity index (χ1) is 7.47. The fourth-order valence-corrected chi connectivity index (χ4v) is 2.19. The highest BCUT2D eigenvalue weighted by Gasteiger charge is 2.17. The van der Waals surface area contributed by atoms with Crippen LogP contribution < -0.4 is 10.6 Å². The van der Waals surface area contributed by atoms with E-state index in [-0.39, 0.29) is 18.1 Å². The Hall–Kier alpha value is -1.27. The van der Waals surface area contributed by atoms with Crippen molar-refractivity contribution < 1.29 is 9.59 Å². The van der Waals surface area contributed by atoms with Gasteiger partial charge in [0.25, 0.3) is 0 Å². The highest BCUT2D eigenvalue weighted by molar-refractivity contribution is 7.17. The van der Waals surface area contributed by atoms with Gasteiger partial charge in [0.15, 0.2) is 10.9 Å². The van der Waals surface area contributed by atoms with Crippen LogP contribution in [0.1, 0.15) is 28.7 Å². The Morgan fingerprint density at radius 2 is 2.12 bits per heavy atom. The molecule has 2 N–H and O–H groups in total. The SMILES string of the molecule is CC(=O)c1sc(N(C)C(=O)CCN)nc1C. The van der Waals surface area contributed by atoms with Crippen LogP contribution in [0.15, 0.2) is 0 Å². The molecular formula is C10H15N3O2S. The van der Waals surface area contributed by atoms with Gasteiger partial charge in [-0.3, -0.25) is 14.5 Å². The van der Waals surface area contributed by atoms with Gasteiger partial charge in [-0.05, 0) is 6.92 Å². The first-order valence-corrected chi connectivity index (χ1v) is 5.74. The molecule has 0 aliphatic heterocycles. The molecule has 16 heavy (non-hydrogen) atoms. The summed E-state index contributed by atoms with van der Waals surface area (Å²) in [6, 6.07) is 0. The third-order valence-corrected chi connectivity index (χ3v) is 3.46. The molecule has 1 aromatic heterocycles. The second-order valence-corrected chi connectivity index (χ2v) is 4.44. The van der Waals surface area contributed by atoms with Crippen LogP contribution in [-0.2, 0) is 4.79 Å². The fraction of sp³-hybridized carbons (Fsp3) is 0.500. The Labute approximate surface area is 98.3 Å². The Bertz CT molecular complexity index is 414. The van der Waals surface area contributed by atoms with Crippen molar-refractivity contribution in [1.82, 2.24) is 4.98 Å². The summed E-state index contributed by atoms with van der Waals surface area (Å²) in [5.41, 5.74) is 5.98. The van der Waals surface area contributed by atoms with Crippen molar-refractivity contribution in [3.63, 3.8) is 0 Å². The average molecular weight is 241 g/mol. The molecule has 0 bridgehead atoms. The zero-order valence-corrected chi connectivity index (χ0v) is 10.4. The van der Waals surface area contributed by atoms with Gasteiger partial charge in [-0.1, -0.05) is 11.3 Å². The zero-order chi connectivity index (χ0) is 12.3. The summed E-state index contributed by atoms with van der Waals surface area (Å²) >= 11 is 1.23. The highest BCUT2D eigenvalue weighted by atomic mass is 32.1. The number of thiazole rings is 1. The second-order valence-electron chi connectivity index (χ2n) is 3.46. The van der Waals surface area contributed by atoms with Gasteiger partial charge in [0.05, 0.1) is 10.6 Å². The molecule has 1 heterocycles. The minimum absolute atomic E-state index is 0.0269. The van der Waals surface area contributed by atoms with E-state index in [1.165, 1.54) is 23.2 Å². The normalized spacial score (nSPS) is 10.2. The molecule has 6 heteroatoms. The maximum Gasteiger partial charge on any atom is 0.229 e. The largest absolute Gasteiger partial charge is 0.330 e. The topological polar surface area (TPSA) is 76.3 Å². The van der Waals surface area contributed by atoms with Crippen LogP contribution in [0.2, 0.25) is 0 Å². The molecular weight excluding hydrogens is 226 g/mol. The number of ketones is 1. The number of Topliss-reactive ketones (excluding diaryl/α,β-unsaturated/α-hetero) is 1. The fourth-order valence-electron chi connectivity index (χ4n) is 1.25. The molecule has 0 unspecified atom stereocenters. The number of hydrogen-bond donors (Lipinski definition) is 1. The van der Waals surface area contributed by atoms with Crippen LogP contribution >= 0.6 is 11.3 Å². The molecule has 0 aromatic carbocycles. The summed E-state index contributed by atoms with van der Waals surface area (Å²) in [5.74, 6) is -0.118. The van der Waals surface area contributed by atoms with Gasteiger partial charge in [0, 0.05) is 26.9 Å². The Balaban J connectivity index is 2.92. The molecule has 0 atom stereocenters. The van der Waals surface area contributed by atoms with Crippen LogP contribution in [0.4, 0.5) is 5.13 Å². The van der Waals surface area contributed by atoms with Crippen molar-refractivity contribution in [2.75, 3.05) is 18.5 Å². The standard InChI is InChI=1S/C10H15N3O2S/c1-6-9(7(2)14)16-10(12-6)13(3)8(15)4-5-11/h4-5,11H2,1-3H3. The number of amides is 1. The van der Waals surface area contributed by atoms with Gasteiger partial charge in [-0.15, -0.1) is 0 Å². The van der Waals surface area contributed by atoms with Gasteiger partial charge in [-0.25, -0.2) is 4.98 Å². The lowest BCUT2D eigenvalue weighted by Gasteiger charge is -2.12. The number of rotatable bonds is 4. The van der Waals surface area contributed by atoms with Crippen molar-refractivity contribution in [1.29, 1.82) is 0 Å². The van der Waals surface area contributed by atoms with Crippen molar-refractivity contribution in [3.8, 4) is 0 Å². The van der Waals surface area contributed by atoms with Crippen LogP contribution in [0, 0.1) is 6.92 Å². The molecule has 0 aliphatic carbocycles. The summed E-state index contributed by atoms with van der Waals surface area (Å²) in [6.07, 6.45) is 0.282. The summed E-state index contributed by atoms with van der Waals surface area (Å²) in [5, 5.41) is 0.543. The van der Waals surface area contributed by atoms with Crippen LogP contribution in [-0.4, -0.2) is 30.3 Å². The van der Waals surface area contributed by atoms with Gasteiger partial charge in [0.1, 0.15) is 0 Å². The smallest absolute Gasteiger partial charge is 0.229 e. The quantitative estimate of drug-likeness (QED) is 0.797. The number of aryl methyl sites for hydroxylation is 1. The molecule has 0 aliphatic rings. The molecule has 5 nitrogen and oxygen atoms in total. The molecule has 1 aromatic rings. The number of carbonyl (C=O) groups excluding carboxylic acids is 2. The van der Waals surface area contributed by atoms with Crippen molar-refractivity contribution in [2.45, 2.75) is 20.3 Å². The highest BCUT2D eigenvalue weighted by Crippen LogP contribution is 2.25. The van der Waals surface area contributed by atoms with Crippen LogP contribution in [0.3, 0.4) is 0 Å². The Kier molecular flexibility index (Phi) is 4.14. The summed E-state index contributed by atoms with van der Waals surface area (Å²) < 4.78 is 0. The molecule has 0 spiro atoms. The van der Waals surface area contributed by atoms with E-state index in [9.17, 15) is 9.59 Å². The lowest BCUT2D eigenvalue weighted by molar-refractivity contribution is -0.118. The minimum Gasteiger partial charge on any atom is -0.330 e. The van der Waals surface area contributed by atoms with E-state index >= 15 is 0 Å². The van der Waals surface area contributed by atoms with Crippen LogP contribution in [0.25, 0.3) is 0 Å². The number of anilines is 1. The van der Waals surface area contributed by atoms with E-state index in [0.717, 1.165) is 0 Å². The van der Waals surface area contributed by atoms with Gasteiger partial charge >= 0.3 is 0 Å². The first-order valence-electron chi connectivity index (χ1n) is 4.92. The minimum atomic E-state index is -0.0913. The van der Waals surface area contributed by atoms with E-state index in [1.807, 2.05) is 0 Å². The number of hydrogen-bond acceptors (Lipinski definition) is 5. The Morgan fingerprint density at radius 3 is 2.56 bits per heavy atom. The summed E-state index contributed by atoms with van der Waals surface area (Å²) in [7, 11) is 1.64. The molecule has 0 radical (unpaired) electrons. The second kappa shape index (κ2) is 5.18. The van der Waals surface area contributed by atoms with E-state index in [1.54, 1.807) is 14.0 Å². The lowest BCUT2D eigenvalue weighted by Crippen LogP contribution is -2.27. The number of aromatic nitrogens is 1. The van der Waals surface area contributed by atoms with E-state index in [0.29, 0.717) is 22.2 Å². The monoisotopic (exact) mass is 241 g/mol. The number of carbonyl (C=O) groups is 2. The molecule has 1 rings (SSSR count). The van der Waals surface area contributed by atoms with Crippen molar-refractivity contribution in [2.24, 2.45) is 5.73 Å². The molecule has 0 fully saturated rings. The average Bonchev–Trinajstić information content (AvgIpc) is 2.59. The van der Waals surface area contributed by atoms with Crippen LogP contribution in [0.5, 0.6) is 0 Å². The first kappa shape index (κ1) is 12.8. The third-order valence-electron chi connectivity index (χ3n) is 2.12. The zero-order valence-electron chi connectivity index (χ0n) is 9.61. The Morgan fingerprint density at radius 1 is 1.50 bits per heavy atom. The predicted octanol–water partition coefficient (Wildman–Crippen LogP) is 0.966. The molecule has 88 valence electrons. The summed E-state index contributed by atoms with van der Waals surface area (Å²) in [4.78, 5) is 29.0. The van der Waals surface area contributed by atoms with Gasteiger partial charge < -0.3 is 5.73 Å². The third kappa shape index (κ3) is 2.65. The van der Waals surface area contributed by atoms with E-state index in [2.05, 4.69) is 4.98 Å².